The number of rotatable bonds is 6. The molecule has 0 aromatic heterocycles. The molecular weight excluding hydrogens is 348 g/mol. The van der Waals surface area contributed by atoms with Crippen LogP contribution in [0, 0.1) is 0 Å². The lowest BCUT2D eigenvalue weighted by Crippen LogP contribution is -2.38. The summed E-state index contributed by atoms with van der Waals surface area (Å²) in [6.45, 7) is 3.86. The molecule has 0 saturated carbocycles. The van der Waals surface area contributed by atoms with Crippen LogP contribution in [-0.4, -0.2) is 37.4 Å². The Morgan fingerprint density at radius 3 is 2.46 bits per heavy atom. The molecule has 2 rings (SSSR count). The Labute approximate surface area is 160 Å². The normalized spacial score (nSPS) is 11.2. The Hall–Kier alpha value is -2.53. The molecule has 0 bridgehead atoms. The summed E-state index contributed by atoms with van der Waals surface area (Å²) in [7, 11) is 3.74. The molecule has 6 heteroatoms. The molecule has 26 heavy (non-hydrogen) atoms. The second-order valence-electron chi connectivity index (χ2n) is 5.94. The van der Waals surface area contributed by atoms with Gasteiger partial charge in [0.25, 0.3) is 5.91 Å². The van der Waals surface area contributed by atoms with Gasteiger partial charge in [-0.3, -0.25) is 9.79 Å². The van der Waals surface area contributed by atoms with Crippen LogP contribution in [-0.2, 0) is 13.1 Å². The fourth-order valence-electron chi connectivity index (χ4n) is 2.59. The molecule has 0 heterocycles. The number of aliphatic imine (C=N–C) groups is 1. The van der Waals surface area contributed by atoms with Crippen LogP contribution in [0.25, 0.3) is 0 Å². The van der Waals surface area contributed by atoms with Gasteiger partial charge < -0.3 is 15.5 Å². The van der Waals surface area contributed by atoms with E-state index in [1.165, 1.54) is 0 Å². The number of carbonyl (C=O) groups is 1. The van der Waals surface area contributed by atoms with E-state index in [9.17, 15) is 4.79 Å². The Bertz CT molecular complexity index is 759. The van der Waals surface area contributed by atoms with Gasteiger partial charge in [-0.25, -0.2) is 0 Å². The fraction of sp³-hybridized carbons (Fsp3) is 0.300. The maximum Gasteiger partial charge on any atom is 0.251 e. The zero-order chi connectivity index (χ0) is 18.9. The highest BCUT2D eigenvalue weighted by Crippen LogP contribution is 2.12. The first-order valence-corrected chi connectivity index (χ1v) is 8.94. The number of nitrogens with one attached hydrogen (secondary N) is 2. The lowest BCUT2D eigenvalue weighted by molar-refractivity contribution is 0.0956. The summed E-state index contributed by atoms with van der Waals surface area (Å²) >= 11 is 6.04. The standard InChI is InChI=1S/C20H25ClN4O/c1-4-23-19(26)17-10-8-15(9-11-17)13-24-20(22-2)25(3)14-16-6-5-7-18(21)12-16/h5-12H,4,13-14H2,1-3H3,(H,22,24)(H,23,26). The minimum absolute atomic E-state index is 0.0518. The van der Waals surface area contributed by atoms with Gasteiger partial charge in [0.2, 0.25) is 0 Å². The van der Waals surface area contributed by atoms with Gasteiger partial charge in [-0.15, -0.1) is 0 Å². The number of nitrogens with zero attached hydrogens (tertiary/aromatic N) is 2. The molecule has 138 valence electrons. The van der Waals surface area contributed by atoms with Crippen molar-refractivity contribution in [1.29, 1.82) is 0 Å². The molecule has 0 aliphatic heterocycles. The van der Waals surface area contributed by atoms with Crippen LogP contribution in [0.1, 0.15) is 28.4 Å². The number of benzene rings is 2. The molecule has 0 aliphatic carbocycles. The zero-order valence-electron chi connectivity index (χ0n) is 15.4. The molecule has 0 saturated heterocycles. The van der Waals surface area contributed by atoms with Crippen molar-refractivity contribution in [2.45, 2.75) is 20.0 Å². The quantitative estimate of drug-likeness (QED) is 0.604. The van der Waals surface area contributed by atoms with E-state index >= 15 is 0 Å². The van der Waals surface area contributed by atoms with Gasteiger partial charge in [-0.05, 0) is 42.3 Å². The van der Waals surface area contributed by atoms with E-state index in [0.29, 0.717) is 25.2 Å². The van der Waals surface area contributed by atoms with Crippen LogP contribution in [0.3, 0.4) is 0 Å². The SMILES string of the molecule is CCNC(=O)c1ccc(CNC(=NC)N(C)Cc2cccc(Cl)c2)cc1. The number of amides is 1. The number of guanidine groups is 1. The molecule has 0 atom stereocenters. The first-order chi connectivity index (χ1) is 12.5. The van der Waals surface area contributed by atoms with Gasteiger partial charge in [-0.2, -0.15) is 0 Å². The highest BCUT2D eigenvalue weighted by atomic mass is 35.5. The number of halogens is 1. The first kappa shape index (κ1) is 19.8. The molecule has 2 aromatic rings. The van der Waals surface area contributed by atoms with Gasteiger partial charge >= 0.3 is 0 Å². The average molecular weight is 373 g/mol. The van der Waals surface area contributed by atoms with Crippen molar-refractivity contribution in [3.8, 4) is 0 Å². The van der Waals surface area contributed by atoms with Crippen LogP contribution in [0.4, 0.5) is 0 Å². The number of hydrogen-bond donors (Lipinski definition) is 2. The number of hydrogen-bond acceptors (Lipinski definition) is 2. The van der Waals surface area contributed by atoms with Gasteiger partial charge in [0.1, 0.15) is 0 Å². The minimum atomic E-state index is -0.0518. The van der Waals surface area contributed by atoms with E-state index in [4.69, 9.17) is 11.6 Å². The highest BCUT2D eigenvalue weighted by molar-refractivity contribution is 6.30. The maximum atomic E-state index is 11.8. The van der Waals surface area contributed by atoms with E-state index in [0.717, 1.165) is 22.1 Å². The molecule has 5 nitrogen and oxygen atoms in total. The van der Waals surface area contributed by atoms with Crippen LogP contribution in [0.2, 0.25) is 5.02 Å². The van der Waals surface area contributed by atoms with Crippen LogP contribution >= 0.6 is 11.6 Å². The lowest BCUT2D eigenvalue weighted by atomic mass is 10.1. The van der Waals surface area contributed by atoms with Gasteiger partial charge in [-0.1, -0.05) is 35.9 Å². The van der Waals surface area contributed by atoms with Crippen molar-refractivity contribution in [3.63, 3.8) is 0 Å². The second-order valence-corrected chi connectivity index (χ2v) is 6.38. The molecule has 2 N–H and O–H groups in total. The molecule has 1 amide bonds. The Morgan fingerprint density at radius 2 is 1.85 bits per heavy atom. The summed E-state index contributed by atoms with van der Waals surface area (Å²) in [5.74, 6) is 0.738. The monoisotopic (exact) mass is 372 g/mol. The highest BCUT2D eigenvalue weighted by Gasteiger charge is 2.08. The fourth-order valence-corrected chi connectivity index (χ4v) is 2.80. The third-order valence-electron chi connectivity index (χ3n) is 3.89. The molecule has 0 radical (unpaired) electrons. The second kappa shape index (κ2) is 9.82. The van der Waals surface area contributed by atoms with Crippen LogP contribution in [0.15, 0.2) is 53.5 Å². The lowest BCUT2D eigenvalue weighted by Gasteiger charge is -2.22. The molecule has 0 unspecified atom stereocenters. The van der Waals surface area contributed by atoms with Crippen molar-refractivity contribution < 1.29 is 4.79 Å². The molecule has 2 aromatic carbocycles. The molecule has 0 fully saturated rings. The van der Waals surface area contributed by atoms with E-state index in [-0.39, 0.29) is 5.91 Å². The Morgan fingerprint density at radius 1 is 1.12 bits per heavy atom. The predicted octanol–water partition coefficient (Wildman–Crippen LogP) is 3.30. The van der Waals surface area contributed by atoms with Gasteiger partial charge in [0, 0.05) is 44.3 Å². The molecule has 0 aliphatic rings. The van der Waals surface area contributed by atoms with Crippen molar-refractivity contribution in [1.82, 2.24) is 15.5 Å². The summed E-state index contributed by atoms with van der Waals surface area (Å²) in [4.78, 5) is 18.2. The van der Waals surface area contributed by atoms with Crippen LogP contribution in [0.5, 0.6) is 0 Å². The Kier molecular flexibility index (Phi) is 7.48. The van der Waals surface area contributed by atoms with E-state index in [1.807, 2.05) is 67.4 Å². The third-order valence-corrected chi connectivity index (χ3v) is 4.12. The summed E-state index contributed by atoms with van der Waals surface area (Å²) in [5.41, 5.74) is 2.86. The van der Waals surface area contributed by atoms with Gasteiger partial charge in [0.05, 0.1) is 0 Å². The predicted molar refractivity (Wildman–Crippen MR) is 108 cm³/mol. The maximum absolute atomic E-state index is 11.8. The minimum Gasteiger partial charge on any atom is -0.352 e. The topological polar surface area (TPSA) is 56.7 Å². The number of carbonyl (C=O) groups excluding carboxylic acids is 1. The Balaban J connectivity index is 1.92. The summed E-state index contributed by atoms with van der Waals surface area (Å²) in [6.07, 6.45) is 0. The van der Waals surface area contributed by atoms with Crippen molar-refractivity contribution in [2.75, 3.05) is 20.6 Å². The largest absolute Gasteiger partial charge is 0.352 e. The van der Waals surface area contributed by atoms with Gasteiger partial charge in [0.15, 0.2) is 5.96 Å². The van der Waals surface area contributed by atoms with E-state index in [2.05, 4.69) is 15.6 Å². The third kappa shape index (κ3) is 5.77. The summed E-state index contributed by atoms with van der Waals surface area (Å²) in [6, 6.07) is 15.4. The van der Waals surface area contributed by atoms with E-state index < -0.39 is 0 Å². The van der Waals surface area contributed by atoms with Crippen LogP contribution < -0.4 is 10.6 Å². The summed E-state index contributed by atoms with van der Waals surface area (Å²) < 4.78 is 0. The van der Waals surface area contributed by atoms with Crippen molar-refractivity contribution >= 4 is 23.5 Å². The van der Waals surface area contributed by atoms with Crippen molar-refractivity contribution in [3.05, 3.63) is 70.2 Å². The average Bonchev–Trinajstić information content (AvgIpc) is 2.63. The summed E-state index contributed by atoms with van der Waals surface area (Å²) in [5, 5.41) is 6.86. The van der Waals surface area contributed by atoms with Crippen molar-refractivity contribution in [2.24, 2.45) is 4.99 Å². The molecule has 0 spiro atoms. The zero-order valence-corrected chi connectivity index (χ0v) is 16.2. The smallest absolute Gasteiger partial charge is 0.251 e. The molecular formula is C20H25ClN4O. The van der Waals surface area contributed by atoms with E-state index in [1.54, 1.807) is 7.05 Å². The first-order valence-electron chi connectivity index (χ1n) is 8.57.